The number of ether oxygens (including phenoxy) is 2. The zero-order chi connectivity index (χ0) is 20.5. The van der Waals surface area contributed by atoms with Crippen LogP contribution in [0.2, 0.25) is 0 Å². The maximum Gasteiger partial charge on any atom is 0.341 e. The average Bonchev–Trinajstić information content (AvgIpc) is 3.35. The number of carboxylic acids is 1. The molecule has 1 aliphatic heterocycles. The van der Waals surface area contributed by atoms with Crippen molar-refractivity contribution in [3.63, 3.8) is 0 Å². The molecular formula is C20H15FN2O6. The highest BCUT2D eigenvalue weighted by atomic mass is 19.1. The molecule has 0 aliphatic carbocycles. The van der Waals surface area contributed by atoms with Crippen LogP contribution in [0.5, 0.6) is 11.5 Å². The topological polar surface area (TPSA) is 111 Å². The summed E-state index contributed by atoms with van der Waals surface area (Å²) in [5.74, 6) is -1.21. The van der Waals surface area contributed by atoms with E-state index in [1.54, 1.807) is 19.1 Å². The standard InChI is InChI=1S/C20H15FN2O6/c1-10(22-19(24)12-4-7-14-15(8-12)28-9-27-14)18-16(20(25)26)17(23-29-18)11-2-5-13(21)6-3-11/h2-8,10H,9H2,1H3,(H,22,24)(H,25,26). The monoisotopic (exact) mass is 398 g/mol. The van der Waals surface area contributed by atoms with E-state index < -0.39 is 23.7 Å². The second-order valence-electron chi connectivity index (χ2n) is 6.35. The third-order valence-corrected chi connectivity index (χ3v) is 4.43. The number of amides is 1. The second kappa shape index (κ2) is 7.27. The van der Waals surface area contributed by atoms with E-state index in [1.807, 2.05) is 0 Å². The summed E-state index contributed by atoms with van der Waals surface area (Å²) in [5, 5.41) is 16.1. The number of rotatable bonds is 5. The van der Waals surface area contributed by atoms with E-state index in [1.165, 1.54) is 30.3 Å². The molecule has 1 aliphatic rings. The SMILES string of the molecule is CC(NC(=O)c1ccc2c(c1)OCO2)c1onc(-c2ccc(F)cc2)c1C(=O)O. The number of nitrogens with zero attached hydrogens (tertiary/aromatic N) is 1. The van der Waals surface area contributed by atoms with E-state index in [0.717, 1.165) is 0 Å². The first-order valence-corrected chi connectivity index (χ1v) is 8.63. The van der Waals surface area contributed by atoms with Crippen molar-refractivity contribution in [1.29, 1.82) is 0 Å². The van der Waals surface area contributed by atoms with Gasteiger partial charge in [-0.15, -0.1) is 0 Å². The first kappa shape index (κ1) is 18.5. The molecule has 9 heteroatoms. The summed E-state index contributed by atoms with van der Waals surface area (Å²) in [6.45, 7) is 1.66. The number of aromatic carboxylic acids is 1. The van der Waals surface area contributed by atoms with E-state index in [0.29, 0.717) is 22.6 Å². The van der Waals surface area contributed by atoms with Crippen LogP contribution in [0.15, 0.2) is 47.0 Å². The quantitative estimate of drug-likeness (QED) is 0.678. The number of aromatic nitrogens is 1. The molecule has 0 spiro atoms. The van der Waals surface area contributed by atoms with Gasteiger partial charge in [-0.2, -0.15) is 0 Å². The largest absolute Gasteiger partial charge is 0.477 e. The molecule has 2 aromatic carbocycles. The molecular weight excluding hydrogens is 383 g/mol. The molecule has 148 valence electrons. The molecule has 0 fully saturated rings. The Bertz CT molecular complexity index is 1090. The van der Waals surface area contributed by atoms with E-state index in [2.05, 4.69) is 10.5 Å². The molecule has 2 heterocycles. The van der Waals surface area contributed by atoms with Crippen molar-refractivity contribution in [1.82, 2.24) is 10.5 Å². The summed E-state index contributed by atoms with van der Waals surface area (Å²) in [5.41, 5.74) is 0.552. The molecule has 1 atom stereocenters. The average molecular weight is 398 g/mol. The zero-order valence-corrected chi connectivity index (χ0v) is 15.1. The van der Waals surface area contributed by atoms with Crippen molar-refractivity contribution >= 4 is 11.9 Å². The molecule has 1 aromatic heterocycles. The summed E-state index contributed by atoms with van der Waals surface area (Å²) < 4.78 is 28.9. The van der Waals surface area contributed by atoms with E-state index in [-0.39, 0.29) is 23.8 Å². The number of carboxylic acid groups (broad SMARTS) is 1. The van der Waals surface area contributed by atoms with Crippen molar-refractivity contribution in [2.45, 2.75) is 13.0 Å². The summed E-state index contributed by atoms with van der Waals surface area (Å²) in [6, 6.07) is 9.12. The van der Waals surface area contributed by atoms with Gasteiger partial charge in [0.2, 0.25) is 6.79 Å². The number of benzene rings is 2. The minimum absolute atomic E-state index is 0.0223. The van der Waals surface area contributed by atoms with Crippen LogP contribution < -0.4 is 14.8 Å². The number of nitrogens with one attached hydrogen (secondary N) is 1. The molecule has 29 heavy (non-hydrogen) atoms. The molecule has 1 amide bonds. The number of halogens is 1. The molecule has 1 unspecified atom stereocenters. The first-order chi connectivity index (χ1) is 13.9. The van der Waals surface area contributed by atoms with Gasteiger partial charge < -0.3 is 24.4 Å². The highest BCUT2D eigenvalue weighted by molar-refractivity contribution is 5.97. The Balaban J connectivity index is 1.60. The van der Waals surface area contributed by atoms with Crippen molar-refractivity contribution in [2.24, 2.45) is 0 Å². The number of fused-ring (bicyclic) bond motifs is 1. The molecule has 0 bridgehead atoms. The third kappa shape index (κ3) is 3.49. The van der Waals surface area contributed by atoms with Gasteiger partial charge in [0.05, 0.1) is 6.04 Å². The van der Waals surface area contributed by atoms with E-state index in [9.17, 15) is 19.1 Å². The Hall–Kier alpha value is -3.88. The maximum absolute atomic E-state index is 13.2. The molecule has 8 nitrogen and oxygen atoms in total. The molecule has 3 aromatic rings. The van der Waals surface area contributed by atoms with Crippen LogP contribution in [0.1, 0.15) is 39.4 Å². The van der Waals surface area contributed by atoms with Crippen LogP contribution in [0.3, 0.4) is 0 Å². The highest BCUT2D eigenvalue weighted by Gasteiger charge is 2.28. The summed E-state index contributed by atoms with van der Waals surface area (Å²) in [7, 11) is 0. The lowest BCUT2D eigenvalue weighted by atomic mass is 10.0. The lowest BCUT2D eigenvalue weighted by molar-refractivity contribution is 0.0692. The van der Waals surface area contributed by atoms with E-state index in [4.69, 9.17) is 14.0 Å². The van der Waals surface area contributed by atoms with Gasteiger partial charge in [0, 0.05) is 11.1 Å². The lowest BCUT2D eigenvalue weighted by Gasteiger charge is -2.12. The normalized spacial score (nSPS) is 13.2. The molecule has 2 N–H and O–H groups in total. The smallest absolute Gasteiger partial charge is 0.341 e. The molecule has 0 radical (unpaired) electrons. The van der Waals surface area contributed by atoms with Gasteiger partial charge in [-0.05, 0) is 49.4 Å². The molecule has 0 saturated heterocycles. The Morgan fingerprint density at radius 2 is 1.86 bits per heavy atom. The molecule has 4 rings (SSSR count). The Kier molecular flexibility index (Phi) is 4.63. The highest BCUT2D eigenvalue weighted by Crippen LogP contribution is 2.33. The maximum atomic E-state index is 13.2. The van der Waals surface area contributed by atoms with Crippen molar-refractivity contribution in [3.05, 3.63) is 65.2 Å². The lowest BCUT2D eigenvalue weighted by Crippen LogP contribution is -2.27. The fourth-order valence-electron chi connectivity index (χ4n) is 2.99. The number of carbonyl (C=O) groups is 2. The minimum Gasteiger partial charge on any atom is -0.477 e. The summed E-state index contributed by atoms with van der Waals surface area (Å²) in [4.78, 5) is 24.4. The Labute approximate surface area is 163 Å². The summed E-state index contributed by atoms with van der Waals surface area (Å²) in [6.07, 6.45) is 0. The third-order valence-electron chi connectivity index (χ3n) is 4.43. The summed E-state index contributed by atoms with van der Waals surface area (Å²) >= 11 is 0. The Morgan fingerprint density at radius 1 is 1.14 bits per heavy atom. The molecule has 0 saturated carbocycles. The predicted molar refractivity (Wildman–Crippen MR) is 97.3 cm³/mol. The van der Waals surface area contributed by atoms with Gasteiger partial charge in [0.25, 0.3) is 5.91 Å². The van der Waals surface area contributed by atoms with Gasteiger partial charge in [-0.1, -0.05) is 5.16 Å². The zero-order valence-electron chi connectivity index (χ0n) is 15.1. The van der Waals surface area contributed by atoms with Crippen LogP contribution in [0.4, 0.5) is 4.39 Å². The van der Waals surface area contributed by atoms with Crippen LogP contribution in [0.25, 0.3) is 11.3 Å². The fourth-order valence-corrected chi connectivity index (χ4v) is 2.99. The Morgan fingerprint density at radius 3 is 2.59 bits per heavy atom. The van der Waals surface area contributed by atoms with Gasteiger partial charge in [0.1, 0.15) is 17.1 Å². The van der Waals surface area contributed by atoms with Gasteiger partial charge in [-0.3, -0.25) is 4.79 Å². The minimum atomic E-state index is -1.27. The number of carbonyl (C=O) groups excluding carboxylic acids is 1. The van der Waals surface area contributed by atoms with Gasteiger partial charge >= 0.3 is 5.97 Å². The van der Waals surface area contributed by atoms with Crippen LogP contribution >= 0.6 is 0 Å². The van der Waals surface area contributed by atoms with Crippen LogP contribution in [0, 0.1) is 5.82 Å². The fraction of sp³-hybridized carbons (Fsp3) is 0.150. The van der Waals surface area contributed by atoms with E-state index >= 15 is 0 Å². The van der Waals surface area contributed by atoms with Gasteiger partial charge in [-0.25, -0.2) is 9.18 Å². The van der Waals surface area contributed by atoms with Crippen molar-refractivity contribution < 1.29 is 33.1 Å². The van der Waals surface area contributed by atoms with Gasteiger partial charge in [0.15, 0.2) is 17.3 Å². The van der Waals surface area contributed by atoms with Crippen LogP contribution in [-0.4, -0.2) is 28.9 Å². The van der Waals surface area contributed by atoms with Crippen molar-refractivity contribution in [3.8, 4) is 22.8 Å². The second-order valence-corrected chi connectivity index (χ2v) is 6.35. The predicted octanol–water partition coefficient (Wildman–Crippen LogP) is 3.40. The number of hydrogen-bond acceptors (Lipinski definition) is 6. The van der Waals surface area contributed by atoms with Crippen molar-refractivity contribution in [2.75, 3.05) is 6.79 Å². The first-order valence-electron chi connectivity index (χ1n) is 8.63. The van der Waals surface area contributed by atoms with Crippen LogP contribution in [-0.2, 0) is 0 Å². The number of hydrogen-bond donors (Lipinski definition) is 2.